The molecule has 0 radical (unpaired) electrons. The van der Waals surface area contributed by atoms with Crippen molar-refractivity contribution >= 4 is 17.5 Å². The fourth-order valence-corrected chi connectivity index (χ4v) is 1.85. The average molecular weight is 248 g/mol. The Morgan fingerprint density at radius 1 is 1.39 bits per heavy atom. The first-order valence-electron chi connectivity index (χ1n) is 5.82. The van der Waals surface area contributed by atoms with Crippen molar-refractivity contribution in [2.24, 2.45) is 0 Å². The first-order valence-corrected chi connectivity index (χ1v) is 5.82. The molecule has 0 spiro atoms. The van der Waals surface area contributed by atoms with Gasteiger partial charge in [0.05, 0.1) is 11.9 Å². The van der Waals surface area contributed by atoms with Crippen LogP contribution in [0.3, 0.4) is 0 Å². The van der Waals surface area contributed by atoms with E-state index in [2.05, 4.69) is 4.98 Å². The number of nitrogens with zero attached hydrogens (tertiary/aromatic N) is 3. The maximum Gasteiger partial charge on any atom is 0.272 e. The second kappa shape index (κ2) is 5.03. The Hall–Kier alpha value is -2.11. The topological polar surface area (TPSA) is 79.5 Å². The smallest absolute Gasteiger partial charge is 0.272 e. The summed E-state index contributed by atoms with van der Waals surface area (Å²) in [5.74, 6) is -0.269. The molecule has 1 saturated heterocycles. The maximum absolute atomic E-state index is 12.2. The molecule has 1 aromatic rings. The summed E-state index contributed by atoms with van der Waals surface area (Å²) >= 11 is 0. The Morgan fingerprint density at radius 2 is 2.17 bits per heavy atom. The average Bonchev–Trinajstić information content (AvgIpc) is 2.52. The van der Waals surface area contributed by atoms with Gasteiger partial charge in [0.15, 0.2) is 0 Å². The normalized spacial score (nSPS) is 16.6. The van der Waals surface area contributed by atoms with E-state index in [9.17, 15) is 9.59 Å². The molecule has 0 aromatic carbocycles. The zero-order valence-electron chi connectivity index (χ0n) is 10.3. The molecule has 6 heteroatoms. The van der Waals surface area contributed by atoms with E-state index in [1.54, 1.807) is 24.1 Å². The van der Waals surface area contributed by atoms with E-state index < -0.39 is 0 Å². The number of likely N-dealkylation sites (N-methyl/N-ethyl adjacent to an activating group) is 1. The van der Waals surface area contributed by atoms with Gasteiger partial charge in [-0.15, -0.1) is 0 Å². The first kappa shape index (κ1) is 12.3. The Kier molecular flexibility index (Phi) is 3.45. The number of amides is 2. The number of carbonyl (C=O) groups is 2. The van der Waals surface area contributed by atoms with Gasteiger partial charge in [0.1, 0.15) is 12.2 Å². The van der Waals surface area contributed by atoms with Gasteiger partial charge in [-0.1, -0.05) is 0 Å². The third-order valence-electron chi connectivity index (χ3n) is 2.97. The summed E-state index contributed by atoms with van der Waals surface area (Å²) in [7, 11) is 1.75. The summed E-state index contributed by atoms with van der Waals surface area (Å²) in [6, 6.07) is 3.21. The maximum atomic E-state index is 12.2. The summed E-state index contributed by atoms with van der Waals surface area (Å²) in [5, 5.41) is 0. The molecule has 18 heavy (non-hydrogen) atoms. The lowest BCUT2D eigenvalue weighted by molar-refractivity contribution is -0.129. The number of hydrogen-bond donors (Lipinski definition) is 1. The number of hydrogen-bond acceptors (Lipinski definition) is 4. The van der Waals surface area contributed by atoms with Crippen molar-refractivity contribution in [2.75, 3.05) is 32.4 Å². The number of rotatable bonds is 1. The van der Waals surface area contributed by atoms with Gasteiger partial charge in [0, 0.05) is 20.1 Å². The largest absolute Gasteiger partial charge is 0.397 e. The highest BCUT2D eigenvalue weighted by atomic mass is 16.2. The van der Waals surface area contributed by atoms with Gasteiger partial charge in [0.25, 0.3) is 5.91 Å². The molecule has 2 heterocycles. The summed E-state index contributed by atoms with van der Waals surface area (Å²) in [6.07, 6.45) is 2.22. The van der Waals surface area contributed by atoms with Gasteiger partial charge in [-0.3, -0.25) is 9.59 Å². The van der Waals surface area contributed by atoms with Crippen molar-refractivity contribution in [1.82, 2.24) is 14.8 Å². The van der Waals surface area contributed by atoms with E-state index in [-0.39, 0.29) is 18.4 Å². The van der Waals surface area contributed by atoms with Crippen molar-refractivity contribution in [3.8, 4) is 0 Å². The minimum absolute atomic E-state index is 0.0451. The van der Waals surface area contributed by atoms with Crippen LogP contribution in [0.4, 0.5) is 5.69 Å². The van der Waals surface area contributed by atoms with Gasteiger partial charge in [-0.25, -0.2) is 4.98 Å². The van der Waals surface area contributed by atoms with Crippen LogP contribution in [-0.2, 0) is 4.79 Å². The summed E-state index contributed by atoms with van der Waals surface area (Å²) in [6.45, 7) is 1.36. The first-order chi connectivity index (χ1) is 8.58. The van der Waals surface area contributed by atoms with E-state index in [0.717, 1.165) is 6.42 Å². The molecular formula is C12H16N4O2. The van der Waals surface area contributed by atoms with Gasteiger partial charge in [0.2, 0.25) is 5.91 Å². The van der Waals surface area contributed by atoms with Gasteiger partial charge < -0.3 is 15.5 Å². The molecule has 1 fully saturated rings. The van der Waals surface area contributed by atoms with E-state index in [0.29, 0.717) is 24.5 Å². The number of nitrogens with two attached hydrogens (primary N) is 1. The van der Waals surface area contributed by atoms with Crippen LogP contribution in [0, 0.1) is 0 Å². The van der Waals surface area contributed by atoms with Crippen molar-refractivity contribution in [1.29, 1.82) is 0 Å². The molecule has 0 unspecified atom stereocenters. The number of aromatic nitrogens is 1. The standard InChI is InChI=1S/C12H16N4O2/c1-15-5-2-6-16(8-11(15)17)12(18)10-4-3-9(13)7-14-10/h3-4,7H,2,5-6,8,13H2,1H3. The molecule has 6 nitrogen and oxygen atoms in total. The van der Waals surface area contributed by atoms with Crippen LogP contribution in [0.15, 0.2) is 18.3 Å². The highest BCUT2D eigenvalue weighted by Crippen LogP contribution is 2.09. The predicted octanol–water partition coefficient (Wildman–Crippen LogP) is -0.0319. The van der Waals surface area contributed by atoms with E-state index in [1.807, 2.05) is 0 Å². The minimum atomic E-state index is -0.223. The molecule has 0 atom stereocenters. The second-order valence-corrected chi connectivity index (χ2v) is 4.37. The van der Waals surface area contributed by atoms with E-state index in [4.69, 9.17) is 5.73 Å². The van der Waals surface area contributed by atoms with Crippen LogP contribution >= 0.6 is 0 Å². The fraction of sp³-hybridized carbons (Fsp3) is 0.417. The second-order valence-electron chi connectivity index (χ2n) is 4.37. The van der Waals surface area contributed by atoms with Crippen LogP contribution in [0.25, 0.3) is 0 Å². The molecule has 0 bridgehead atoms. The minimum Gasteiger partial charge on any atom is -0.397 e. The molecule has 0 aliphatic carbocycles. The highest BCUT2D eigenvalue weighted by molar-refractivity contribution is 5.95. The molecule has 96 valence electrons. The van der Waals surface area contributed by atoms with E-state index in [1.165, 1.54) is 11.1 Å². The highest BCUT2D eigenvalue weighted by Gasteiger charge is 2.24. The molecule has 1 aliphatic rings. The summed E-state index contributed by atoms with van der Waals surface area (Å²) in [4.78, 5) is 31.0. The predicted molar refractivity (Wildman–Crippen MR) is 66.8 cm³/mol. The lowest BCUT2D eigenvalue weighted by Gasteiger charge is -2.19. The number of anilines is 1. The van der Waals surface area contributed by atoms with Crippen LogP contribution < -0.4 is 5.73 Å². The monoisotopic (exact) mass is 248 g/mol. The Balaban J connectivity index is 2.13. The SMILES string of the molecule is CN1CCCN(C(=O)c2ccc(N)cn2)CC1=O. The van der Waals surface area contributed by atoms with Gasteiger partial charge in [-0.05, 0) is 18.6 Å². The van der Waals surface area contributed by atoms with Crippen molar-refractivity contribution in [3.05, 3.63) is 24.0 Å². The van der Waals surface area contributed by atoms with Crippen LogP contribution in [0.5, 0.6) is 0 Å². The third kappa shape index (κ3) is 2.58. The summed E-state index contributed by atoms with van der Waals surface area (Å²) < 4.78 is 0. The Labute approximate surface area is 105 Å². The lowest BCUT2D eigenvalue weighted by Crippen LogP contribution is -2.38. The third-order valence-corrected chi connectivity index (χ3v) is 2.97. The van der Waals surface area contributed by atoms with Crippen LogP contribution in [-0.4, -0.2) is 53.3 Å². The van der Waals surface area contributed by atoms with Crippen molar-refractivity contribution < 1.29 is 9.59 Å². The van der Waals surface area contributed by atoms with E-state index >= 15 is 0 Å². The zero-order valence-corrected chi connectivity index (χ0v) is 10.3. The van der Waals surface area contributed by atoms with Crippen molar-refractivity contribution in [3.63, 3.8) is 0 Å². The lowest BCUT2D eigenvalue weighted by atomic mass is 10.3. The molecular weight excluding hydrogens is 232 g/mol. The number of carbonyl (C=O) groups excluding carboxylic acids is 2. The van der Waals surface area contributed by atoms with Gasteiger partial charge in [-0.2, -0.15) is 0 Å². The molecule has 1 aromatic heterocycles. The zero-order chi connectivity index (χ0) is 13.1. The van der Waals surface area contributed by atoms with Crippen LogP contribution in [0.1, 0.15) is 16.9 Å². The number of nitrogen functional groups attached to an aromatic ring is 1. The summed E-state index contributed by atoms with van der Waals surface area (Å²) in [5.41, 5.74) is 6.36. The molecule has 2 N–H and O–H groups in total. The molecule has 2 amide bonds. The van der Waals surface area contributed by atoms with Crippen LogP contribution in [0.2, 0.25) is 0 Å². The Bertz CT molecular complexity index is 458. The fourth-order valence-electron chi connectivity index (χ4n) is 1.85. The quantitative estimate of drug-likeness (QED) is 0.756. The number of pyridine rings is 1. The Morgan fingerprint density at radius 3 is 2.83 bits per heavy atom. The molecule has 0 saturated carbocycles. The van der Waals surface area contributed by atoms with Gasteiger partial charge >= 0.3 is 0 Å². The molecule has 2 rings (SSSR count). The van der Waals surface area contributed by atoms with Crippen molar-refractivity contribution in [2.45, 2.75) is 6.42 Å². The molecule has 1 aliphatic heterocycles.